The van der Waals surface area contributed by atoms with Crippen LogP contribution >= 0.6 is 0 Å². The lowest BCUT2D eigenvalue weighted by atomic mass is 9.41. The van der Waals surface area contributed by atoms with E-state index < -0.39 is 0 Å². The molecule has 9 atom stereocenters. The summed E-state index contributed by atoms with van der Waals surface area (Å²) in [5, 5.41) is 0. The van der Waals surface area contributed by atoms with Gasteiger partial charge in [0.1, 0.15) is 6.10 Å². The van der Waals surface area contributed by atoms with Crippen LogP contribution in [0.15, 0.2) is 12.2 Å². The smallest absolute Gasteiger partial charge is 0.302 e. The molecule has 0 amide bonds. The molecule has 0 radical (unpaired) electrons. The maximum Gasteiger partial charge on any atom is 0.302 e. The van der Waals surface area contributed by atoms with Gasteiger partial charge in [0, 0.05) is 12.3 Å². The Morgan fingerprint density at radius 2 is 1.54 bits per heavy atom. The second-order valence-electron chi connectivity index (χ2n) is 15.4. The summed E-state index contributed by atoms with van der Waals surface area (Å²) in [7, 11) is 0. The summed E-state index contributed by atoms with van der Waals surface area (Å²) in [5.41, 5.74) is 3.63. The molecule has 198 valence electrons. The average Bonchev–Trinajstić information content (AvgIpc) is 3.36. The molecule has 5 saturated carbocycles. The molecule has 5 fully saturated rings. The summed E-state index contributed by atoms with van der Waals surface area (Å²) >= 11 is 0. The summed E-state index contributed by atoms with van der Waals surface area (Å²) in [6, 6.07) is 0. The van der Waals surface area contributed by atoms with E-state index in [2.05, 4.69) is 55.0 Å². The van der Waals surface area contributed by atoms with Gasteiger partial charge in [-0.1, -0.05) is 60.6 Å². The molecule has 0 heterocycles. The van der Waals surface area contributed by atoms with Crippen molar-refractivity contribution in [2.75, 3.05) is 0 Å². The van der Waals surface area contributed by atoms with Gasteiger partial charge in [0.15, 0.2) is 0 Å². The average molecular weight is 483 g/mol. The molecule has 5 rings (SSSR count). The predicted octanol–water partition coefficient (Wildman–Crippen LogP) is 8.99. The Bertz CT molecular complexity index is 886. The van der Waals surface area contributed by atoms with Crippen LogP contribution in [-0.4, -0.2) is 12.1 Å². The van der Waals surface area contributed by atoms with Gasteiger partial charge in [-0.05, 0) is 122 Å². The van der Waals surface area contributed by atoms with E-state index >= 15 is 0 Å². The van der Waals surface area contributed by atoms with Gasteiger partial charge in [0.05, 0.1) is 0 Å². The molecule has 0 aromatic rings. The van der Waals surface area contributed by atoms with Crippen molar-refractivity contribution in [3.05, 3.63) is 12.2 Å². The van der Waals surface area contributed by atoms with Crippen molar-refractivity contribution in [2.24, 2.45) is 56.7 Å². The van der Waals surface area contributed by atoms with Crippen molar-refractivity contribution < 1.29 is 9.53 Å². The standard InChI is InChI=1S/C33H54O2/c1-21(2)22(3)10-11-23(4)25-14-16-31(9)27-13-12-26-29(6,7)28(35-24(5)34)15-17-32(26)20-33(27,32)19-18-30(25,31)8/h21,23,25-28H,3,10-20H2,1-2,4-9H3/t23-,25-,26+,27+,28+,30-,31+,32-,33+/m1/s1. The van der Waals surface area contributed by atoms with E-state index in [-0.39, 0.29) is 17.5 Å². The minimum absolute atomic E-state index is 0.0951. The van der Waals surface area contributed by atoms with Gasteiger partial charge in [0.25, 0.3) is 0 Å². The first-order valence-electron chi connectivity index (χ1n) is 15.1. The lowest BCUT2D eigenvalue weighted by Crippen LogP contribution is -2.58. The SMILES string of the molecule is C=C(CC[C@@H](C)[C@H]1CC[C@@]2(C)[C@@H]3CC[C@H]4C(C)(C)[C@@H](OC(C)=O)CC[C@@]45C[C@@]35CC[C@]12C)C(C)C. The lowest BCUT2D eigenvalue weighted by molar-refractivity contribution is -0.181. The Labute approximate surface area is 216 Å². The van der Waals surface area contributed by atoms with E-state index in [4.69, 9.17) is 4.74 Å². The molecule has 0 N–H and O–H groups in total. The number of esters is 1. The third-order valence-corrected chi connectivity index (χ3v) is 13.8. The van der Waals surface area contributed by atoms with E-state index in [1.54, 1.807) is 6.92 Å². The fourth-order valence-electron chi connectivity index (χ4n) is 11.6. The van der Waals surface area contributed by atoms with Crippen LogP contribution in [0.5, 0.6) is 0 Å². The van der Waals surface area contributed by atoms with Crippen LogP contribution < -0.4 is 0 Å². The molecule has 2 nitrogen and oxygen atoms in total. The quantitative estimate of drug-likeness (QED) is 0.279. The molecule has 5 aliphatic rings. The molecule has 35 heavy (non-hydrogen) atoms. The molecular weight excluding hydrogens is 428 g/mol. The largest absolute Gasteiger partial charge is 0.462 e. The van der Waals surface area contributed by atoms with E-state index in [1.807, 2.05) is 0 Å². The highest BCUT2D eigenvalue weighted by molar-refractivity contribution is 5.66. The molecule has 0 aromatic carbocycles. The van der Waals surface area contributed by atoms with Gasteiger partial charge in [-0.2, -0.15) is 0 Å². The van der Waals surface area contributed by atoms with Gasteiger partial charge >= 0.3 is 5.97 Å². The molecule has 2 heteroatoms. The summed E-state index contributed by atoms with van der Waals surface area (Å²) in [6.45, 7) is 23.4. The molecule has 0 bridgehead atoms. The zero-order valence-electron chi connectivity index (χ0n) is 24.3. The van der Waals surface area contributed by atoms with E-state index in [1.165, 1.54) is 69.8 Å². The van der Waals surface area contributed by atoms with Crippen molar-refractivity contribution in [3.8, 4) is 0 Å². The number of carbonyl (C=O) groups is 1. The van der Waals surface area contributed by atoms with Crippen molar-refractivity contribution in [1.82, 2.24) is 0 Å². The maximum atomic E-state index is 11.9. The normalized spacial score (nSPS) is 48.3. The summed E-state index contributed by atoms with van der Waals surface area (Å²) < 4.78 is 5.91. The molecule has 0 aromatic heterocycles. The highest BCUT2D eigenvalue weighted by Gasteiger charge is 2.82. The summed E-state index contributed by atoms with van der Waals surface area (Å²) in [5.74, 6) is 3.80. The Kier molecular flexibility index (Phi) is 5.98. The number of fused-ring (bicyclic) bond motifs is 2. The lowest BCUT2D eigenvalue weighted by Gasteiger charge is -2.63. The number of ether oxygens (including phenoxy) is 1. The second kappa shape index (κ2) is 8.10. The number of hydrogen-bond donors (Lipinski definition) is 0. The van der Waals surface area contributed by atoms with Crippen LogP contribution in [0.25, 0.3) is 0 Å². The Hall–Kier alpha value is -0.790. The topological polar surface area (TPSA) is 26.3 Å². The monoisotopic (exact) mass is 482 g/mol. The minimum Gasteiger partial charge on any atom is -0.462 e. The van der Waals surface area contributed by atoms with E-state index in [0.717, 1.165) is 30.1 Å². The fraction of sp³-hybridized carbons (Fsp3) is 0.909. The van der Waals surface area contributed by atoms with E-state index in [9.17, 15) is 4.79 Å². The van der Waals surface area contributed by atoms with Crippen molar-refractivity contribution >= 4 is 5.97 Å². The van der Waals surface area contributed by atoms with Gasteiger partial charge in [-0.25, -0.2) is 0 Å². The number of allylic oxidation sites excluding steroid dienone is 1. The first-order chi connectivity index (χ1) is 16.3. The highest BCUT2D eigenvalue weighted by atomic mass is 16.5. The number of carbonyl (C=O) groups excluding carboxylic acids is 1. The van der Waals surface area contributed by atoms with Gasteiger partial charge < -0.3 is 4.74 Å². The third kappa shape index (κ3) is 3.35. The fourth-order valence-corrected chi connectivity index (χ4v) is 11.6. The van der Waals surface area contributed by atoms with Crippen LogP contribution in [0.2, 0.25) is 0 Å². The third-order valence-electron chi connectivity index (χ3n) is 13.8. The van der Waals surface area contributed by atoms with Gasteiger partial charge in [-0.15, -0.1) is 0 Å². The van der Waals surface area contributed by atoms with Crippen LogP contribution in [-0.2, 0) is 9.53 Å². The van der Waals surface area contributed by atoms with Crippen LogP contribution in [0.1, 0.15) is 126 Å². The molecule has 5 aliphatic carbocycles. The van der Waals surface area contributed by atoms with Crippen molar-refractivity contribution in [3.63, 3.8) is 0 Å². The first kappa shape index (κ1) is 25.8. The van der Waals surface area contributed by atoms with Gasteiger partial charge in [-0.3, -0.25) is 4.79 Å². The zero-order valence-corrected chi connectivity index (χ0v) is 24.3. The first-order valence-corrected chi connectivity index (χ1v) is 15.1. The predicted molar refractivity (Wildman–Crippen MR) is 145 cm³/mol. The van der Waals surface area contributed by atoms with E-state index in [0.29, 0.717) is 27.6 Å². The van der Waals surface area contributed by atoms with Crippen LogP contribution in [0.3, 0.4) is 0 Å². The van der Waals surface area contributed by atoms with Crippen LogP contribution in [0.4, 0.5) is 0 Å². The number of hydrogen-bond acceptors (Lipinski definition) is 2. The zero-order chi connectivity index (χ0) is 25.6. The second-order valence-corrected chi connectivity index (χ2v) is 15.4. The minimum atomic E-state index is -0.0951. The number of rotatable bonds is 6. The molecule has 0 saturated heterocycles. The Morgan fingerprint density at radius 1 is 0.886 bits per heavy atom. The molecule has 2 spiro atoms. The molecular formula is C33H54O2. The highest BCUT2D eigenvalue weighted by Crippen LogP contribution is 2.89. The Balaban J connectivity index is 1.37. The summed E-state index contributed by atoms with van der Waals surface area (Å²) in [6.07, 6.45) is 15.0. The Morgan fingerprint density at radius 3 is 2.20 bits per heavy atom. The van der Waals surface area contributed by atoms with Crippen LogP contribution in [0, 0.1) is 56.7 Å². The maximum absolute atomic E-state index is 11.9. The molecule has 0 unspecified atom stereocenters. The summed E-state index contributed by atoms with van der Waals surface area (Å²) in [4.78, 5) is 11.9. The van der Waals surface area contributed by atoms with Crippen molar-refractivity contribution in [2.45, 2.75) is 132 Å². The van der Waals surface area contributed by atoms with Gasteiger partial charge in [0.2, 0.25) is 0 Å². The molecule has 0 aliphatic heterocycles. The van der Waals surface area contributed by atoms with Crippen molar-refractivity contribution in [1.29, 1.82) is 0 Å².